The maximum atomic E-state index is 14.8. The number of benzene rings is 2. The Balaban J connectivity index is 1.56. The van der Waals surface area contributed by atoms with Crippen LogP contribution in [0.25, 0.3) is 11.6 Å². The highest BCUT2D eigenvalue weighted by Crippen LogP contribution is 2.70. The Morgan fingerprint density at radius 1 is 1.02 bits per heavy atom. The Kier molecular flexibility index (Phi) is 6.29. The van der Waals surface area contributed by atoms with Gasteiger partial charge in [-0.3, -0.25) is 19.2 Å². The van der Waals surface area contributed by atoms with Gasteiger partial charge in [0.1, 0.15) is 5.75 Å². The molecule has 0 heterocycles. The molecule has 6 rings (SSSR count). The zero-order chi connectivity index (χ0) is 31.5. The van der Waals surface area contributed by atoms with Crippen molar-refractivity contribution in [3.8, 4) is 5.75 Å². The zero-order valence-corrected chi connectivity index (χ0v) is 26.2. The third-order valence-electron chi connectivity index (χ3n) is 12.2. The van der Waals surface area contributed by atoms with Gasteiger partial charge in [0.25, 0.3) is 0 Å². The van der Waals surface area contributed by atoms with Crippen molar-refractivity contribution in [3.05, 3.63) is 75.4 Å². The number of Topliss-reactive ketones (excluding diaryl/α,β-unsaturated/α-hetero) is 4. The molecule has 0 radical (unpaired) electrons. The Labute approximate surface area is 252 Å². The lowest BCUT2D eigenvalue weighted by Gasteiger charge is -2.66. The molecular weight excluding hydrogens is 540 g/mol. The van der Waals surface area contributed by atoms with Crippen LogP contribution in [0.4, 0.5) is 0 Å². The van der Waals surface area contributed by atoms with Gasteiger partial charge in [0.2, 0.25) is 5.78 Å². The van der Waals surface area contributed by atoms with Crippen molar-refractivity contribution in [1.29, 1.82) is 0 Å². The van der Waals surface area contributed by atoms with E-state index in [0.717, 1.165) is 16.7 Å². The van der Waals surface area contributed by atoms with Crippen molar-refractivity contribution in [1.82, 2.24) is 0 Å². The molecule has 0 aliphatic heterocycles. The van der Waals surface area contributed by atoms with Crippen molar-refractivity contribution in [2.45, 2.75) is 73.3 Å². The number of fused-ring (bicyclic) bond motifs is 4. The molecule has 2 N–H and O–H groups in total. The number of carbonyl (C=O) groups excluding carboxylic acids is 4. The summed E-state index contributed by atoms with van der Waals surface area (Å²) in [6.45, 7) is 14.6. The highest BCUT2D eigenvalue weighted by molar-refractivity contribution is 6.33. The summed E-state index contributed by atoms with van der Waals surface area (Å²) < 4.78 is 0. The van der Waals surface area contributed by atoms with E-state index in [0.29, 0.717) is 23.1 Å². The standard InChI is InChI=1S/C37H40O6/c1-17(2)29-18(3)27(20(5)38)33(41)37(43)34(42)30-32(40)28-25(19(4)35(30,7)21(6)36(29,37)8)13-14-26(31(28)39)24-15-22-11-9-10-12-23(22)16-24/h9-15,17,19,21,29-30,39,43H,16H2,1-8H3/t19-,21-,29+,30?,35-,36-,37+/m0/s1. The molecule has 1 fully saturated rings. The molecule has 6 nitrogen and oxygen atoms in total. The summed E-state index contributed by atoms with van der Waals surface area (Å²) in [6, 6.07) is 11.7. The molecule has 0 amide bonds. The molecule has 4 aliphatic rings. The Hall–Kier alpha value is -3.64. The van der Waals surface area contributed by atoms with Gasteiger partial charge in [0, 0.05) is 11.0 Å². The fourth-order valence-electron chi connectivity index (χ4n) is 9.86. The van der Waals surface area contributed by atoms with Crippen LogP contribution in [-0.4, -0.2) is 38.9 Å². The van der Waals surface area contributed by atoms with Gasteiger partial charge in [0.05, 0.1) is 17.1 Å². The predicted molar refractivity (Wildman–Crippen MR) is 164 cm³/mol. The van der Waals surface area contributed by atoms with E-state index in [-0.39, 0.29) is 28.7 Å². The second-order valence-corrected chi connectivity index (χ2v) is 14.1. The third kappa shape index (κ3) is 3.33. The van der Waals surface area contributed by atoms with Gasteiger partial charge in [-0.1, -0.05) is 89.6 Å². The van der Waals surface area contributed by atoms with E-state index in [1.54, 1.807) is 13.8 Å². The molecule has 0 aromatic heterocycles. The first kappa shape index (κ1) is 29.4. The summed E-state index contributed by atoms with van der Waals surface area (Å²) in [7, 11) is 0. The van der Waals surface area contributed by atoms with Crippen LogP contribution in [0.1, 0.15) is 93.9 Å². The van der Waals surface area contributed by atoms with Crippen molar-refractivity contribution >= 4 is 34.8 Å². The number of hydrogen-bond donors (Lipinski definition) is 2. The number of phenolic OH excluding ortho intramolecular Hbond substituents is 1. The zero-order valence-electron chi connectivity index (χ0n) is 26.2. The number of allylic oxidation sites excluding steroid dienone is 2. The van der Waals surface area contributed by atoms with Gasteiger partial charge < -0.3 is 10.2 Å². The van der Waals surface area contributed by atoms with Crippen LogP contribution in [0.15, 0.2) is 47.5 Å². The molecule has 1 unspecified atom stereocenters. The molecule has 2 aromatic rings. The number of rotatable bonds is 3. The number of ketones is 4. The average Bonchev–Trinajstić information content (AvgIpc) is 3.37. The van der Waals surface area contributed by atoms with Crippen molar-refractivity contribution in [2.24, 2.45) is 34.5 Å². The molecule has 0 bridgehead atoms. The maximum Gasteiger partial charge on any atom is 0.206 e. The largest absolute Gasteiger partial charge is 0.507 e. The van der Waals surface area contributed by atoms with Gasteiger partial charge in [-0.15, -0.1) is 0 Å². The SMILES string of the molecule is CC(=O)C1=C(C)[C@@H](C(C)C)[C@]2(C)[C@@H](C)[C@@]3(C)C(C(=O)c4c(ccc(C5=Cc6ccccc6C5)c4O)[C@@H]3C)C(=O)[C@]2(O)C1=O. The highest BCUT2D eigenvalue weighted by Gasteiger charge is 2.77. The van der Waals surface area contributed by atoms with Gasteiger partial charge in [-0.05, 0) is 71.6 Å². The van der Waals surface area contributed by atoms with Crippen LogP contribution in [0.5, 0.6) is 5.75 Å². The van der Waals surface area contributed by atoms with Crippen LogP contribution in [0, 0.1) is 34.5 Å². The summed E-state index contributed by atoms with van der Waals surface area (Å²) >= 11 is 0. The lowest BCUT2D eigenvalue weighted by molar-refractivity contribution is -0.211. The van der Waals surface area contributed by atoms with Crippen LogP contribution in [0.3, 0.4) is 0 Å². The van der Waals surface area contributed by atoms with E-state index >= 15 is 0 Å². The van der Waals surface area contributed by atoms with E-state index in [2.05, 4.69) is 0 Å². The number of carbonyl (C=O) groups is 4. The van der Waals surface area contributed by atoms with E-state index in [9.17, 15) is 29.4 Å². The second kappa shape index (κ2) is 9.18. The molecule has 7 atom stereocenters. The van der Waals surface area contributed by atoms with Crippen molar-refractivity contribution in [2.75, 3.05) is 0 Å². The van der Waals surface area contributed by atoms with E-state index in [1.165, 1.54) is 6.92 Å². The molecular formula is C37H40O6. The minimum atomic E-state index is -2.57. The first-order valence-electron chi connectivity index (χ1n) is 15.3. The van der Waals surface area contributed by atoms with Crippen LogP contribution in [0.2, 0.25) is 0 Å². The third-order valence-corrected chi connectivity index (χ3v) is 12.2. The monoisotopic (exact) mass is 580 g/mol. The Bertz CT molecular complexity index is 1720. The van der Waals surface area contributed by atoms with Crippen molar-refractivity contribution < 1.29 is 29.4 Å². The van der Waals surface area contributed by atoms with Crippen LogP contribution in [-0.2, 0) is 20.8 Å². The number of phenols is 1. The molecule has 0 saturated heterocycles. The second-order valence-electron chi connectivity index (χ2n) is 14.1. The normalized spacial score (nSPS) is 34.9. The van der Waals surface area contributed by atoms with Gasteiger partial charge >= 0.3 is 0 Å². The number of aromatic hydroxyl groups is 1. The molecule has 4 aliphatic carbocycles. The first-order chi connectivity index (χ1) is 20.1. The fraction of sp³-hybridized carbons (Fsp3) is 0.459. The smallest absolute Gasteiger partial charge is 0.206 e. The van der Waals surface area contributed by atoms with Crippen LogP contribution >= 0.6 is 0 Å². The predicted octanol–water partition coefficient (Wildman–Crippen LogP) is 6.13. The summed E-state index contributed by atoms with van der Waals surface area (Å²) in [6.07, 6.45) is 2.61. The first-order valence-corrected chi connectivity index (χ1v) is 15.3. The Morgan fingerprint density at radius 2 is 1.67 bits per heavy atom. The number of hydrogen-bond acceptors (Lipinski definition) is 6. The topological polar surface area (TPSA) is 109 Å². The molecule has 0 spiro atoms. The average molecular weight is 581 g/mol. The Morgan fingerprint density at radius 3 is 2.28 bits per heavy atom. The molecule has 224 valence electrons. The summed E-state index contributed by atoms with van der Waals surface area (Å²) in [5.41, 5.74) is -0.0419. The molecule has 1 saturated carbocycles. The molecule has 2 aromatic carbocycles. The quantitative estimate of drug-likeness (QED) is 0.334. The van der Waals surface area contributed by atoms with E-state index < -0.39 is 57.3 Å². The minimum absolute atomic E-state index is 0.0827. The van der Waals surface area contributed by atoms with Gasteiger partial charge in [0.15, 0.2) is 23.0 Å². The van der Waals surface area contributed by atoms with E-state index in [1.807, 2.05) is 77.1 Å². The summed E-state index contributed by atoms with van der Waals surface area (Å²) in [5, 5.41) is 24.2. The summed E-state index contributed by atoms with van der Waals surface area (Å²) in [5.74, 6) is -5.81. The lowest BCUT2D eigenvalue weighted by Crippen LogP contribution is -2.77. The number of aliphatic hydroxyl groups is 1. The van der Waals surface area contributed by atoms with Gasteiger partial charge in [-0.25, -0.2) is 0 Å². The van der Waals surface area contributed by atoms with E-state index in [4.69, 9.17) is 0 Å². The highest BCUT2D eigenvalue weighted by atomic mass is 16.3. The summed E-state index contributed by atoms with van der Waals surface area (Å²) in [4.78, 5) is 56.3. The minimum Gasteiger partial charge on any atom is -0.507 e. The lowest BCUT2D eigenvalue weighted by atomic mass is 9.35. The maximum absolute atomic E-state index is 14.8. The van der Waals surface area contributed by atoms with Crippen LogP contribution < -0.4 is 0 Å². The van der Waals surface area contributed by atoms with Gasteiger partial charge in [-0.2, -0.15) is 0 Å². The fourth-order valence-corrected chi connectivity index (χ4v) is 9.86. The molecule has 6 heteroatoms. The van der Waals surface area contributed by atoms with Crippen molar-refractivity contribution in [3.63, 3.8) is 0 Å². The molecule has 43 heavy (non-hydrogen) atoms.